The van der Waals surface area contributed by atoms with Crippen LogP contribution >= 0.6 is 0 Å². The van der Waals surface area contributed by atoms with Crippen LogP contribution in [0.25, 0.3) is 0 Å². The SMILES string of the molecule is NC(=O)c1ccc(C2CCC2)nc1N1CCCC(F)(F)CC1. The molecule has 0 spiro atoms. The molecular weight excluding hydrogens is 288 g/mol. The van der Waals surface area contributed by atoms with Crippen LogP contribution in [0, 0.1) is 0 Å². The zero-order valence-electron chi connectivity index (χ0n) is 12.5. The van der Waals surface area contributed by atoms with Gasteiger partial charge in [0.15, 0.2) is 0 Å². The van der Waals surface area contributed by atoms with Crippen LogP contribution in [-0.2, 0) is 0 Å². The molecule has 120 valence electrons. The Balaban J connectivity index is 1.90. The van der Waals surface area contributed by atoms with Crippen molar-refractivity contribution in [3.63, 3.8) is 0 Å². The highest BCUT2D eigenvalue weighted by atomic mass is 19.3. The Morgan fingerprint density at radius 2 is 2.00 bits per heavy atom. The molecule has 2 aliphatic rings. The van der Waals surface area contributed by atoms with Crippen molar-refractivity contribution in [3.8, 4) is 0 Å². The first-order valence-corrected chi connectivity index (χ1v) is 7.90. The van der Waals surface area contributed by atoms with Gasteiger partial charge in [-0.05, 0) is 31.4 Å². The highest BCUT2D eigenvalue weighted by Gasteiger charge is 2.33. The number of primary amides is 1. The first-order chi connectivity index (χ1) is 10.5. The summed E-state index contributed by atoms with van der Waals surface area (Å²) >= 11 is 0. The molecule has 1 saturated heterocycles. The quantitative estimate of drug-likeness (QED) is 0.933. The third-order valence-corrected chi connectivity index (χ3v) is 4.70. The number of hydrogen-bond donors (Lipinski definition) is 1. The van der Waals surface area contributed by atoms with E-state index >= 15 is 0 Å². The molecule has 0 aromatic carbocycles. The summed E-state index contributed by atoms with van der Waals surface area (Å²) in [6.07, 6.45) is 3.45. The second-order valence-electron chi connectivity index (χ2n) is 6.30. The van der Waals surface area contributed by atoms with Gasteiger partial charge in [-0.25, -0.2) is 13.8 Å². The lowest BCUT2D eigenvalue weighted by Crippen LogP contribution is -2.30. The van der Waals surface area contributed by atoms with Gasteiger partial charge in [-0.15, -0.1) is 0 Å². The highest BCUT2D eigenvalue weighted by molar-refractivity contribution is 5.97. The number of halogens is 2. The van der Waals surface area contributed by atoms with Crippen LogP contribution in [0.2, 0.25) is 0 Å². The van der Waals surface area contributed by atoms with Gasteiger partial charge in [0.2, 0.25) is 5.92 Å². The Bertz CT molecular complexity index is 573. The molecule has 1 aromatic heterocycles. The fourth-order valence-corrected chi connectivity index (χ4v) is 3.10. The number of nitrogens with zero attached hydrogens (tertiary/aromatic N) is 2. The second-order valence-corrected chi connectivity index (χ2v) is 6.30. The zero-order valence-corrected chi connectivity index (χ0v) is 12.5. The van der Waals surface area contributed by atoms with Gasteiger partial charge in [-0.2, -0.15) is 0 Å². The number of nitrogens with two attached hydrogens (primary N) is 1. The van der Waals surface area contributed by atoms with Crippen molar-refractivity contribution in [2.24, 2.45) is 5.73 Å². The molecule has 1 aliphatic carbocycles. The molecule has 1 amide bonds. The smallest absolute Gasteiger partial charge is 0.252 e. The van der Waals surface area contributed by atoms with Crippen LogP contribution in [0.4, 0.5) is 14.6 Å². The minimum absolute atomic E-state index is 0.113. The van der Waals surface area contributed by atoms with Crippen LogP contribution in [0.5, 0.6) is 0 Å². The molecule has 1 aromatic rings. The number of carbonyl (C=O) groups is 1. The average molecular weight is 309 g/mol. The molecule has 0 unspecified atom stereocenters. The highest BCUT2D eigenvalue weighted by Crippen LogP contribution is 2.37. The normalized spacial score (nSPS) is 22.0. The maximum absolute atomic E-state index is 13.5. The largest absolute Gasteiger partial charge is 0.365 e. The first kappa shape index (κ1) is 15.2. The van der Waals surface area contributed by atoms with Crippen molar-refractivity contribution in [1.82, 2.24) is 4.98 Å². The summed E-state index contributed by atoms with van der Waals surface area (Å²) < 4.78 is 27.1. The van der Waals surface area contributed by atoms with Gasteiger partial charge >= 0.3 is 0 Å². The lowest BCUT2D eigenvalue weighted by Gasteiger charge is -2.28. The Hall–Kier alpha value is -1.72. The maximum Gasteiger partial charge on any atom is 0.252 e. The number of hydrogen-bond acceptors (Lipinski definition) is 3. The fourth-order valence-electron chi connectivity index (χ4n) is 3.10. The van der Waals surface area contributed by atoms with Gasteiger partial charge in [-0.1, -0.05) is 6.42 Å². The summed E-state index contributed by atoms with van der Waals surface area (Å²) in [5.41, 5.74) is 6.71. The van der Waals surface area contributed by atoms with E-state index in [-0.39, 0.29) is 19.4 Å². The van der Waals surface area contributed by atoms with Crippen molar-refractivity contribution >= 4 is 11.7 Å². The minimum Gasteiger partial charge on any atom is -0.365 e. The van der Waals surface area contributed by atoms with E-state index < -0.39 is 11.8 Å². The van der Waals surface area contributed by atoms with Gasteiger partial charge in [0.1, 0.15) is 5.82 Å². The van der Waals surface area contributed by atoms with E-state index in [4.69, 9.17) is 5.73 Å². The predicted molar refractivity (Wildman–Crippen MR) is 80.4 cm³/mol. The first-order valence-electron chi connectivity index (χ1n) is 7.90. The molecule has 0 bridgehead atoms. The number of aromatic nitrogens is 1. The van der Waals surface area contributed by atoms with E-state index in [1.165, 1.54) is 6.42 Å². The average Bonchev–Trinajstić information content (AvgIpc) is 2.57. The van der Waals surface area contributed by atoms with Crippen molar-refractivity contribution < 1.29 is 13.6 Å². The van der Waals surface area contributed by atoms with Gasteiger partial charge in [-0.3, -0.25) is 4.79 Å². The Morgan fingerprint density at radius 3 is 2.64 bits per heavy atom. The molecule has 0 atom stereocenters. The minimum atomic E-state index is -2.63. The lowest BCUT2D eigenvalue weighted by atomic mass is 9.82. The maximum atomic E-state index is 13.5. The van der Waals surface area contributed by atoms with E-state index in [0.29, 0.717) is 30.3 Å². The molecule has 0 radical (unpaired) electrons. The molecule has 2 heterocycles. The molecule has 2 fully saturated rings. The number of rotatable bonds is 3. The van der Waals surface area contributed by atoms with Crippen LogP contribution in [-0.4, -0.2) is 29.9 Å². The summed E-state index contributed by atoms with van der Waals surface area (Å²) in [4.78, 5) is 18.1. The summed E-state index contributed by atoms with van der Waals surface area (Å²) in [7, 11) is 0. The van der Waals surface area contributed by atoms with E-state index in [0.717, 1.165) is 18.5 Å². The van der Waals surface area contributed by atoms with E-state index in [2.05, 4.69) is 4.98 Å². The molecule has 1 aliphatic heterocycles. The molecule has 1 saturated carbocycles. The van der Waals surface area contributed by atoms with Gasteiger partial charge in [0.05, 0.1) is 5.56 Å². The summed E-state index contributed by atoms with van der Waals surface area (Å²) in [5.74, 6) is -2.28. The molecule has 3 rings (SSSR count). The van der Waals surface area contributed by atoms with E-state index in [9.17, 15) is 13.6 Å². The topological polar surface area (TPSA) is 59.2 Å². The number of alkyl halides is 2. The monoisotopic (exact) mass is 309 g/mol. The summed E-state index contributed by atoms with van der Waals surface area (Å²) in [6, 6.07) is 3.54. The Morgan fingerprint density at radius 1 is 1.23 bits per heavy atom. The number of carbonyl (C=O) groups excluding carboxylic acids is 1. The van der Waals surface area contributed by atoms with Gasteiger partial charge in [0.25, 0.3) is 5.91 Å². The van der Waals surface area contributed by atoms with Crippen molar-refractivity contribution in [2.45, 2.75) is 50.4 Å². The molecular formula is C16H21F2N3O. The third kappa shape index (κ3) is 3.05. The number of anilines is 1. The van der Waals surface area contributed by atoms with E-state index in [1.54, 1.807) is 11.0 Å². The second kappa shape index (κ2) is 5.82. The summed E-state index contributed by atoms with van der Waals surface area (Å²) in [5, 5.41) is 0. The van der Waals surface area contributed by atoms with Crippen molar-refractivity contribution in [1.29, 1.82) is 0 Å². The molecule has 2 N–H and O–H groups in total. The van der Waals surface area contributed by atoms with Crippen molar-refractivity contribution in [3.05, 3.63) is 23.4 Å². The van der Waals surface area contributed by atoms with Gasteiger partial charge in [0, 0.05) is 37.5 Å². The zero-order chi connectivity index (χ0) is 15.7. The van der Waals surface area contributed by atoms with Crippen LogP contribution in [0.3, 0.4) is 0 Å². The van der Waals surface area contributed by atoms with Crippen LogP contribution < -0.4 is 10.6 Å². The molecule has 4 nitrogen and oxygen atoms in total. The van der Waals surface area contributed by atoms with Crippen LogP contribution in [0.15, 0.2) is 12.1 Å². The molecule has 6 heteroatoms. The number of pyridine rings is 1. The van der Waals surface area contributed by atoms with Gasteiger partial charge < -0.3 is 10.6 Å². The fraction of sp³-hybridized carbons (Fsp3) is 0.625. The number of amides is 1. The van der Waals surface area contributed by atoms with Crippen LogP contribution in [0.1, 0.15) is 60.5 Å². The van der Waals surface area contributed by atoms with E-state index in [1.807, 2.05) is 6.07 Å². The standard InChI is InChI=1S/C16H21F2N3O/c17-16(18)7-2-9-21(10-8-16)15-12(14(19)22)5-6-13(20-15)11-3-1-4-11/h5-6,11H,1-4,7-10H2,(H2,19,22). The van der Waals surface area contributed by atoms with Crippen molar-refractivity contribution in [2.75, 3.05) is 18.0 Å². The lowest BCUT2D eigenvalue weighted by molar-refractivity contribution is -0.0102. The Kier molecular flexibility index (Phi) is 4.02. The summed E-state index contributed by atoms with van der Waals surface area (Å²) in [6.45, 7) is 0.686. The molecule has 22 heavy (non-hydrogen) atoms. The predicted octanol–water partition coefficient (Wildman–Crippen LogP) is 3.07. The third-order valence-electron chi connectivity index (χ3n) is 4.70. The Labute approximate surface area is 128 Å².